The smallest absolute Gasteiger partial charge is 0.292 e. The largest absolute Gasteiger partial charge is 0.413 e. The quantitative estimate of drug-likeness (QED) is 0.440. The molecule has 0 bridgehead atoms. The fraction of sp³-hybridized carbons (Fsp3) is 1.00. The molecule has 0 aromatic carbocycles. The molecular formula is C6H9F6NO. The second kappa shape index (κ2) is 5.40. The molecule has 0 aliphatic carbocycles. The van der Waals surface area contributed by atoms with Gasteiger partial charge in [0.25, 0.3) is 0 Å². The first kappa shape index (κ1) is 13.5. The van der Waals surface area contributed by atoms with Crippen molar-refractivity contribution in [3.05, 3.63) is 0 Å². The fourth-order valence-corrected chi connectivity index (χ4v) is 0.566. The van der Waals surface area contributed by atoms with E-state index >= 15 is 0 Å². The lowest BCUT2D eigenvalue weighted by Gasteiger charge is -2.09. The van der Waals surface area contributed by atoms with Gasteiger partial charge < -0.3 is 0 Å². The average Bonchev–Trinajstić information content (AvgIpc) is 1.92. The number of halogens is 6. The third kappa shape index (κ3) is 11.5. The first-order valence-corrected chi connectivity index (χ1v) is 3.69. The van der Waals surface area contributed by atoms with Gasteiger partial charge in [0.15, 0.2) is 6.61 Å². The summed E-state index contributed by atoms with van der Waals surface area (Å²) in [6, 6.07) is 0. The summed E-state index contributed by atoms with van der Waals surface area (Å²) in [7, 11) is 0. The van der Waals surface area contributed by atoms with Gasteiger partial charge in [-0.05, 0) is 6.42 Å². The van der Waals surface area contributed by atoms with E-state index in [1.807, 2.05) is 0 Å². The molecular weight excluding hydrogens is 216 g/mol. The molecule has 0 radical (unpaired) electrons. The van der Waals surface area contributed by atoms with Crippen LogP contribution in [0.2, 0.25) is 0 Å². The molecule has 0 heterocycles. The van der Waals surface area contributed by atoms with Crippen molar-refractivity contribution in [3.8, 4) is 0 Å². The molecule has 14 heavy (non-hydrogen) atoms. The summed E-state index contributed by atoms with van der Waals surface area (Å²) in [5, 5.41) is 0. The van der Waals surface area contributed by atoms with E-state index in [2.05, 4.69) is 4.84 Å². The van der Waals surface area contributed by atoms with Gasteiger partial charge in [-0.15, -0.1) is 0 Å². The standard InChI is InChI=1S/C6H9F6NO/c7-5(8,9)2-1-3-13-14-4-6(10,11)12/h13H,1-4H2. The molecule has 0 amide bonds. The molecule has 2 nitrogen and oxygen atoms in total. The fourth-order valence-electron chi connectivity index (χ4n) is 0.566. The molecule has 0 rings (SSSR count). The van der Waals surface area contributed by atoms with Crippen LogP contribution >= 0.6 is 0 Å². The Labute approximate surface area is 76.2 Å². The Balaban J connectivity index is 3.23. The molecule has 0 aromatic heterocycles. The lowest BCUT2D eigenvalue weighted by molar-refractivity contribution is -0.190. The lowest BCUT2D eigenvalue weighted by Crippen LogP contribution is -2.26. The van der Waals surface area contributed by atoms with Crippen molar-refractivity contribution in [1.82, 2.24) is 5.48 Å². The number of hydroxylamine groups is 1. The molecule has 8 heteroatoms. The van der Waals surface area contributed by atoms with Crippen LogP contribution in [0.25, 0.3) is 0 Å². The Bertz CT molecular complexity index is 135. The van der Waals surface area contributed by atoms with Crippen LogP contribution in [0.1, 0.15) is 12.8 Å². The summed E-state index contributed by atoms with van der Waals surface area (Å²) in [5.41, 5.74) is 1.79. The van der Waals surface area contributed by atoms with Crippen LogP contribution in [0.3, 0.4) is 0 Å². The second-order valence-corrected chi connectivity index (χ2v) is 2.52. The van der Waals surface area contributed by atoms with Crippen molar-refractivity contribution in [3.63, 3.8) is 0 Å². The predicted octanol–water partition coefficient (Wildman–Crippen LogP) is 2.41. The summed E-state index contributed by atoms with van der Waals surface area (Å²) in [6.07, 6.45) is -10.1. The van der Waals surface area contributed by atoms with Crippen molar-refractivity contribution in [1.29, 1.82) is 0 Å². The van der Waals surface area contributed by atoms with Crippen LogP contribution in [0.15, 0.2) is 0 Å². The molecule has 0 saturated carbocycles. The number of hydrogen-bond donors (Lipinski definition) is 1. The van der Waals surface area contributed by atoms with E-state index in [0.717, 1.165) is 0 Å². The topological polar surface area (TPSA) is 21.3 Å². The number of hydrogen-bond acceptors (Lipinski definition) is 2. The normalized spacial score (nSPS) is 13.3. The molecule has 0 aromatic rings. The maximum atomic E-state index is 11.5. The molecule has 0 fully saturated rings. The molecule has 0 unspecified atom stereocenters. The minimum Gasteiger partial charge on any atom is -0.292 e. The lowest BCUT2D eigenvalue weighted by atomic mass is 10.3. The maximum absolute atomic E-state index is 11.5. The third-order valence-electron chi connectivity index (χ3n) is 1.08. The summed E-state index contributed by atoms with van der Waals surface area (Å²) in [4.78, 5) is 3.87. The predicted molar refractivity (Wildman–Crippen MR) is 35.3 cm³/mol. The second-order valence-electron chi connectivity index (χ2n) is 2.52. The first-order chi connectivity index (χ1) is 6.21. The minimum absolute atomic E-state index is 0.268. The van der Waals surface area contributed by atoms with E-state index in [0.29, 0.717) is 0 Å². The molecule has 0 saturated heterocycles. The van der Waals surface area contributed by atoms with Crippen molar-refractivity contribution in [2.45, 2.75) is 25.2 Å². The summed E-state index contributed by atoms with van der Waals surface area (Å²) < 4.78 is 68.7. The van der Waals surface area contributed by atoms with Gasteiger partial charge in [-0.25, -0.2) is 5.48 Å². The Morgan fingerprint density at radius 3 is 1.93 bits per heavy atom. The van der Waals surface area contributed by atoms with Crippen molar-refractivity contribution >= 4 is 0 Å². The number of alkyl halides is 6. The minimum atomic E-state index is -4.48. The van der Waals surface area contributed by atoms with Gasteiger partial charge >= 0.3 is 12.4 Å². The molecule has 0 aliphatic heterocycles. The van der Waals surface area contributed by atoms with Gasteiger partial charge in [0.2, 0.25) is 0 Å². The number of rotatable bonds is 5. The van der Waals surface area contributed by atoms with Crippen LogP contribution in [0.5, 0.6) is 0 Å². The molecule has 0 spiro atoms. The summed E-state index contributed by atoms with van der Waals surface area (Å²) >= 11 is 0. The highest BCUT2D eigenvalue weighted by Crippen LogP contribution is 2.20. The van der Waals surface area contributed by atoms with Crippen molar-refractivity contribution in [2.24, 2.45) is 0 Å². The van der Waals surface area contributed by atoms with Crippen molar-refractivity contribution in [2.75, 3.05) is 13.2 Å². The van der Waals surface area contributed by atoms with Gasteiger partial charge in [0, 0.05) is 13.0 Å². The van der Waals surface area contributed by atoms with Crippen LogP contribution < -0.4 is 5.48 Å². The van der Waals surface area contributed by atoms with E-state index < -0.39 is 25.4 Å². The van der Waals surface area contributed by atoms with E-state index in [-0.39, 0.29) is 13.0 Å². The zero-order valence-electron chi connectivity index (χ0n) is 7.00. The van der Waals surface area contributed by atoms with E-state index in [9.17, 15) is 26.3 Å². The van der Waals surface area contributed by atoms with Crippen LogP contribution in [-0.2, 0) is 4.84 Å². The Morgan fingerprint density at radius 1 is 0.929 bits per heavy atom. The molecule has 0 atom stereocenters. The Morgan fingerprint density at radius 2 is 1.50 bits per heavy atom. The number of nitrogens with one attached hydrogen (secondary N) is 1. The summed E-state index contributed by atoms with van der Waals surface area (Å²) in [5.74, 6) is 0. The Kier molecular flexibility index (Phi) is 5.21. The summed E-state index contributed by atoms with van der Waals surface area (Å²) in [6.45, 7) is -1.78. The first-order valence-electron chi connectivity index (χ1n) is 3.69. The van der Waals surface area contributed by atoms with Gasteiger partial charge in [-0.1, -0.05) is 0 Å². The maximum Gasteiger partial charge on any atom is 0.413 e. The zero-order chi connectivity index (χ0) is 11.2. The molecule has 1 N–H and O–H groups in total. The molecule has 0 aliphatic rings. The van der Waals surface area contributed by atoms with Gasteiger partial charge in [-0.2, -0.15) is 26.3 Å². The zero-order valence-corrected chi connectivity index (χ0v) is 7.00. The highest BCUT2D eigenvalue weighted by Gasteiger charge is 2.28. The van der Waals surface area contributed by atoms with Gasteiger partial charge in [0.05, 0.1) is 0 Å². The SMILES string of the molecule is FC(F)(F)CCCNOCC(F)(F)F. The third-order valence-corrected chi connectivity index (χ3v) is 1.08. The average molecular weight is 225 g/mol. The molecule has 86 valence electrons. The van der Waals surface area contributed by atoms with Crippen LogP contribution in [0.4, 0.5) is 26.3 Å². The highest BCUT2D eigenvalue weighted by molar-refractivity contribution is 4.51. The van der Waals surface area contributed by atoms with E-state index in [4.69, 9.17) is 0 Å². The van der Waals surface area contributed by atoms with Crippen molar-refractivity contribution < 1.29 is 31.2 Å². The van der Waals surface area contributed by atoms with Crippen LogP contribution in [-0.4, -0.2) is 25.5 Å². The Hall–Kier alpha value is -0.500. The van der Waals surface area contributed by atoms with Gasteiger partial charge in [-0.3, -0.25) is 4.84 Å². The van der Waals surface area contributed by atoms with E-state index in [1.54, 1.807) is 5.48 Å². The van der Waals surface area contributed by atoms with E-state index in [1.165, 1.54) is 0 Å². The highest BCUT2D eigenvalue weighted by atomic mass is 19.4. The van der Waals surface area contributed by atoms with Crippen LogP contribution in [0, 0.1) is 0 Å². The monoisotopic (exact) mass is 225 g/mol. The van der Waals surface area contributed by atoms with Gasteiger partial charge in [0.1, 0.15) is 0 Å².